The molecule has 0 bridgehead atoms. The van der Waals surface area contributed by atoms with Crippen molar-refractivity contribution in [3.05, 3.63) is 48.5 Å². The second kappa shape index (κ2) is 11.3. The summed E-state index contributed by atoms with van der Waals surface area (Å²) < 4.78 is 16.9. The fourth-order valence-electron chi connectivity index (χ4n) is 2.99. The summed E-state index contributed by atoms with van der Waals surface area (Å²) in [6.45, 7) is 4.44. The van der Waals surface area contributed by atoms with Crippen LogP contribution in [0.15, 0.2) is 48.5 Å². The van der Waals surface area contributed by atoms with Gasteiger partial charge in [0.2, 0.25) is 5.91 Å². The molecule has 0 spiro atoms. The van der Waals surface area contributed by atoms with Crippen LogP contribution in [0, 0.1) is 0 Å². The molecule has 2 aromatic rings. The molecule has 0 saturated carbocycles. The van der Waals surface area contributed by atoms with Gasteiger partial charge in [-0.2, -0.15) is 0 Å². The summed E-state index contributed by atoms with van der Waals surface area (Å²) in [5, 5.41) is 5.99. The minimum Gasteiger partial charge on any atom is -0.494 e. The van der Waals surface area contributed by atoms with E-state index in [0.29, 0.717) is 13.2 Å². The fraction of sp³-hybridized carbons (Fsp3) is 0.435. The van der Waals surface area contributed by atoms with E-state index >= 15 is 0 Å². The van der Waals surface area contributed by atoms with Crippen LogP contribution < -0.4 is 20.1 Å². The first kappa shape index (κ1) is 21.0. The summed E-state index contributed by atoms with van der Waals surface area (Å²) in [6.07, 6.45) is 4.51. The first-order valence-corrected chi connectivity index (χ1v) is 10.3. The van der Waals surface area contributed by atoms with Gasteiger partial charge in [0.15, 0.2) is 0 Å². The van der Waals surface area contributed by atoms with Gasteiger partial charge in [0, 0.05) is 18.0 Å². The molecule has 1 saturated heterocycles. The molecule has 1 atom stereocenters. The van der Waals surface area contributed by atoms with Gasteiger partial charge in [-0.05, 0) is 67.8 Å². The van der Waals surface area contributed by atoms with Crippen molar-refractivity contribution in [1.29, 1.82) is 0 Å². The van der Waals surface area contributed by atoms with Gasteiger partial charge in [-0.15, -0.1) is 0 Å². The Balaban J connectivity index is 1.37. The third kappa shape index (κ3) is 7.31. The van der Waals surface area contributed by atoms with Gasteiger partial charge >= 0.3 is 0 Å². The number of rotatable bonds is 11. The molecule has 1 fully saturated rings. The fourth-order valence-corrected chi connectivity index (χ4v) is 2.99. The minimum atomic E-state index is -0.108. The molecule has 1 aliphatic rings. The van der Waals surface area contributed by atoms with Gasteiger partial charge in [0.1, 0.15) is 18.1 Å². The monoisotopic (exact) mass is 398 g/mol. The lowest BCUT2D eigenvalue weighted by Crippen LogP contribution is -2.21. The van der Waals surface area contributed by atoms with Gasteiger partial charge < -0.3 is 24.8 Å². The molecule has 1 amide bonds. The zero-order valence-corrected chi connectivity index (χ0v) is 17.0. The highest BCUT2D eigenvalue weighted by Crippen LogP contribution is 2.19. The largest absolute Gasteiger partial charge is 0.494 e. The number of benzene rings is 2. The molecule has 0 aromatic heterocycles. The maximum atomic E-state index is 12.2. The summed E-state index contributed by atoms with van der Waals surface area (Å²) in [6, 6.07) is 15.0. The first-order chi connectivity index (χ1) is 14.2. The molecule has 1 unspecified atom stereocenters. The lowest BCUT2D eigenvalue weighted by molar-refractivity contribution is -0.114. The standard InChI is InChI=1S/C23H30N2O4/c1-2-3-14-27-20-12-8-19(9-13-20)25-23(26)16-24-18-6-10-21(11-7-18)29-17-22-5-4-15-28-22/h6-13,22,24H,2-5,14-17H2,1H3,(H,25,26). The number of carbonyl (C=O) groups is 1. The quantitative estimate of drug-likeness (QED) is 0.547. The van der Waals surface area contributed by atoms with E-state index in [1.54, 1.807) is 0 Å². The van der Waals surface area contributed by atoms with Gasteiger partial charge in [-0.3, -0.25) is 4.79 Å². The molecule has 0 aliphatic carbocycles. The van der Waals surface area contributed by atoms with Crippen molar-refractivity contribution in [2.45, 2.75) is 38.7 Å². The van der Waals surface area contributed by atoms with Gasteiger partial charge in [-0.1, -0.05) is 13.3 Å². The Morgan fingerprint density at radius 3 is 2.38 bits per heavy atom. The molecule has 2 aromatic carbocycles. The van der Waals surface area contributed by atoms with E-state index in [4.69, 9.17) is 14.2 Å². The van der Waals surface area contributed by atoms with Crippen molar-refractivity contribution in [3.63, 3.8) is 0 Å². The van der Waals surface area contributed by atoms with Crippen LogP contribution in [0.3, 0.4) is 0 Å². The Morgan fingerprint density at radius 1 is 1.03 bits per heavy atom. The van der Waals surface area contributed by atoms with Crippen molar-refractivity contribution in [1.82, 2.24) is 0 Å². The average molecular weight is 399 g/mol. The van der Waals surface area contributed by atoms with Crippen molar-refractivity contribution >= 4 is 17.3 Å². The Labute approximate surface area is 172 Å². The predicted octanol–water partition coefficient (Wildman–Crippen LogP) is 4.47. The highest BCUT2D eigenvalue weighted by atomic mass is 16.5. The van der Waals surface area contributed by atoms with Crippen molar-refractivity contribution < 1.29 is 19.0 Å². The number of nitrogens with one attached hydrogen (secondary N) is 2. The van der Waals surface area contributed by atoms with Crippen LogP contribution >= 0.6 is 0 Å². The van der Waals surface area contributed by atoms with E-state index in [1.807, 2.05) is 48.5 Å². The highest BCUT2D eigenvalue weighted by Gasteiger charge is 2.15. The number of unbranched alkanes of at least 4 members (excludes halogenated alkanes) is 1. The van der Waals surface area contributed by atoms with Crippen molar-refractivity contribution in [2.75, 3.05) is 37.0 Å². The number of anilines is 2. The Hall–Kier alpha value is -2.73. The summed E-state index contributed by atoms with van der Waals surface area (Å²) in [5.74, 6) is 1.51. The molecule has 29 heavy (non-hydrogen) atoms. The highest BCUT2D eigenvalue weighted by molar-refractivity contribution is 5.93. The molecular formula is C23H30N2O4. The number of ether oxygens (including phenoxy) is 3. The van der Waals surface area contributed by atoms with Crippen LogP contribution in [0.1, 0.15) is 32.6 Å². The Morgan fingerprint density at radius 2 is 1.72 bits per heavy atom. The van der Waals surface area contributed by atoms with E-state index in [-0.39, 0.29) is 18.6 Å². The first-order valence-electron chi connectivity index (χ1n) is 10.3. The number of amides is 1. The summed E-state index contributed by atoms with van der Waals surface area (Å²) in [5.41, 5.74) is 1.61. The number of hydrogen-bond donors (Lipinski definition) is 2. The SMILES string of the molecule is CCCCOc1ccc(NC(=O)CNc2ccc(OCC3CCCO3)cc2)cc1. The summed E-state index contributed by atoms with van der Waals surface area (Å²) >= 11 is 0. The van der Waals surface area contributed by atoms with Gasteiger partial charge in [0.05, 0.1) is 19.3 Å². The maximum Gasteiger partial charge on any atom is 0.243 e. The summed E-state index contributed by atoms with van der Waals surface area (Å²) in [7, 11) is 0. The third-order valence-electron chi connectivity index (χ3n) is 4.67. The third-order valence-corrected chi connectivity index (χ3v) is 4.67. The molecule has 2 N–H and O–H groups in total. The van der Waals surface area contributed by atoms with E-state index in [1.165, 1.54) is 0 Å². The van der Waals surface area contributed by atoms with Crippen LogP contribution in [0.2, 0.25) is 0 Å². The Kier molecular flexibility index (Phi) is 8.19. The smallest absolute Gasteiger partial charge is 0.243 e. The van der Waals surface area contributed by atoms with Gasteiger partial charge in [0.25, 0.3) is 0 Å². The molecular weight excluding hydrogens is 368 g/mol. The second-order valence-electron chi connectivity index (χ2n) is 7.10. The van der Waals surface area contributed by atoms with Crippen molar-refractivity contribution in [2.24, 2.45) is 0 Å². The van der Waals surface area contributed by atoms with Crippen LogP contribution in [-0.2, 0) is 9.53 Å². The second-order valence-corrected chi connectivity index (χ2v) is 7.10. The van der Waals surface area contributed by atoms with Crippen molar-refractivity contribution in [3.8, 4) is 11.5 Å². The number of hydrogen-bond acceptors (Lipinski definition) is 5. The van der Waals surface area contributed by atoms with E-state index < -0.39 is 0 Å². The lowest BCUT2D eigenvalue weighted by Gasteiger charge is -2.12. The maximum absolute atomic E-state index is 12.2. The van der Waals surface area contributed by atoms with Crippen LogP contribution in [-0.4, -0.2) is 38.4 Å². The molecule has 1 heterocycles. The molecule has 6 heteroatoms. The molecule has 3 rings (SSSR count). The van der Waals surface area contributed by atoms with Gasteiger partial charge in [-0.25, -0.2) is 0 Å². The zero-order valence-electron chi connectivity index (χ0n) is 17.0. The Bertz CT molecular complexity index is 740. The van der Waals surface area contributed by atoms with E-state index in [9.17, 15) is 4.79 Å². The average Bonchev–Trinajstić information content (AvgIpc) is 3.27. The lowest BCUT2D eigenvalue weighted by atomic mass is 10.2. The molecule has 0 radical (unpaired) electrons. The normalized spacial score (nSPS) is 15.7. The molecule has 156 valence electrons. The van der Waals surface area contributed by atoms with Crippen LogP contribution in [0.4, 0.5) is 11.4 Å². The van der Waals surface area contributed by atoms with E-state index in [2.05, 4.69) is 17.6 Å². The molecule has 6 nitrogen and oxygen atoms in total. The molecule has 1 aliphatic heterocycles. The minimum absolute atomic E-state index is 0.108. The topological polar surface area (TPSA) is 68.8 Å². The number of carbonyl (C=O) groups excluding carboxylic acids is 1. The predicted molar refractivity (Wildman–Crippen MR) is 115 cm³/mol. The van der Waals surface area contributed by atoms with Crippen LogP contribution in [0.25, 0.3) is 0 Å². The van der Waals surface area contributed by atoms with E-state index in [0.717, 1.165) is 55.2 Å². The summed E-state index contributed by atoms with van der Waals surface area (Å²) in [4.78, 5) is 12.2. The van der Waals surface area contributed by atoms with Crippen LogP contribution in [0.5, 0.6) is 11.5 Å². The zero-order chi connectivity index (χ0) is 20.3.